The molecule has 1 unspecified atom stereocenters. The van der Waals surface area contributed by atoms with Gasteiger partial charge >= 0.3 is 6.01 Å². The molecule has 1 N–H and O–H groups in total. The minimum Gasteiger partial charge on any atom is -0.508 e. The predicted molar refractivity (Wildman–Crippen MR) is 183 cm³/mol. The van der Waals surface area contributed by atoms with Crippen molar-refractivity contribution in [2.45, 2.75) is 63.5 Å². The third kappa shape index (κ3) is 5.83. The molecule has 3 saturated heterocycles. The van der Waals surface area contributed by atoms with E-state index in [2.05, 4.69) is 25.7 Å². The van der Waals surface area contributed by atoms with E-state index in [1.807, 2.05) is 0 Å². The van der Waals surface area contributed by atoms with Gasteiger partial charge in [-0.1, -0.05) is 18.4 Å². The lowest BCUT2D eigenvalue weighted by atomic mass is 9.74. The van der Waals surface area contributed by atoms with Crippen LogP contribution in [0.15, 0.2) is 30.5 Å². The predicted octanol–water partition coefficient (Wildman–Crippen LogP) is 6.23. The summed E-state index contributed by atoms with van der Waals surface area (Å²) in [5, 5.41) is 11.8. The lowest BCUT2D eigenvalue weighted by Gasteiger charge is -2.49. The summed E-state index contributed by atoms with van der Waals surface area (Å²) in [6, 6.07) is 6.51. The molecule has 3 atom stereocenters. The number of phenols is 1. The largest absolute Gasteiger partial charge is 0.508 e. The first-order valence-corrected chi connectivity index (χ1v) is 17.5. The molecule has 4 aromatic rings. The van der Waals surface area contributed by atoms with E-state index in [1.165, 1.54) is 24.3 Å². The van der Waals surface area contributed by atoms with Crippen molar-refractivity contribution in [3.8, 4) is 35.4 Å². The van der Waals surface area contributed by atoms with Gasteiger partial charge in [0.15, 0.2) is 5.82 Å². The molecule has 9 nitrogen and oxygen atoms in total. The summed E-state index contributed by atoms with van der Waals surface area (Å²) in [4.78, 5) is 18.9. The lowest BCUT2D eigenvalue weighted by Crippen LogP contribution is -2.57. The molecule has 49 heavy (non-hydrogen) atoms. The van der Waals surface area contributed by atoms with Gasteiger partial charge in [-0.3, -0.25) is 9.88 Å². The van der Waals surface area contributed by atoms with Crippen molar-refractivity contribution in [3.05, 3.63) is 47.7 Å². The Balaban J connectivity index is 1.21. The van der Waals surface area contributed by atoms with E-state index in [1.54, 1.807) is 6.20 Å². The highest BCUT2D eigenvalue weighted by Gasteiger charge is 2.50. The maximum absolute atomic E-state index is 16.9. The number of hydrogen-bond acceptors (Lipinski definition) is 9. The molecule has 4 aliphatic rings. The monoisotopic (exact) mass is 669 g/mol. The molecule has 11 heteroatoms. The number of pyridine rings is 1. The molecule has 2 aromatic heterocycles. The Labute approximate surface area is 284 Å². The average Bonchev–Trinajstić information content (AvgIpc) is 3.37. The number of hydrogen-bond donors (Lipinski definition) is 1. The van der Waals surface area contributed by atoms with Gasteiger partial charge in [0, 0.05) is 60.9 Å². The van der Waals surface area contributed by atoms with Gasteiger partial charge in [-0.05, 0) is 75.1 Å². The normalized spacial score (nSPS) is 24.9. The highest BCUT2D eigenvalue weighted by Crippen LogP contribution is 2.49. The summed E-state index contributed by atoms with van der Waals surface area (Å²) in [6.07, 6.45) is 15.8. The van der Waals surface area contributed by atoms with Crippen molar-refractivity contribution in [2.24, 2.45) is 5.41 Å². The first-order chi connectivity index (χ1) is 24.0. The summed E-state index contributed by atoms with van der Waals surface area (Å²) in [5.74, 6) is 1.46. The number of ether oxygens (including phenoxy) is 3. The second-order valence-corrected chi connectivity index (χ2v) is 13.9. The minimum absolute atomic E-state index is 0.0301. The molecule has 4 fully saturated rings. The minimum atomic E-state index is -0.728. The van der Waals surface area contributed by atoms with Crippen molar-refractivity contribution in [2.75, 3.05) is 57.6 Å². The van der Waals surface area contributed by atoms with Crippen LogP contribution >= 0.6 is 0 Å². The number of rotatable bonds is 6. The number of likely N-dealkylation sites (tertiary alicyclic amines) is 1. The Bertz CT molecular complexity index is 1920. The van der Waals surface area contributed by atoms with Gasteiger partial charge in [0.1, 0.15) is 28.6 Å². The van der Waals surface area contributed by atoms with E-state index < -0.39 is 11.6 Å². The van der Waals surface area contributed by atoms with Crippen molar-refractivity contribution < 1.29 is 28.1 Å². The topological polar surface area (TPSA) is 93.1 Å². The third-order valence-corrected chi connectivity index (χ3v) is 11.1. The summed E-state index contributed by atoms with van der Waals surface area (Å²) in [7, 11) is 0. The number of aromatic hydroxyl groups is 1. The zero-order chi connectivity index (χ0) is 33.5. The molecule has 2 aromatic carbocycles. The Morgan fingerprint density at radius 3 is 2.73 bits per heavy atom. The molecular weight excluding hydrogens is 628 g/mol. The van der Waals surface area contributed by atoms with E-state index in [4.69, 9.17) is 25.6 Å². The molecule has 256 valence electrons. The van der Waals surface area contributed by atoms with Gasteiger partial charge in [0.2, 0.25) is 0 Å². The van der Waals surface area contributed by atoms with Crippen LogP contribution in [0.3, 0.4) is 0 Å². The van der Waals surface area contributed by atoms with Gasteiger partial charge in [-0.2, -0.15) is 9.97 Å². The zero-order valence-electron chi connectivity index (χ0n) is 27.6. The fraction of sp³-hybridized carbons (Fsp3) is 0.500. The number of phenolic OH excluding ortho intramolecular Hbond substituents is 1. The van der Waals surface area contributed by atoms with E-state index in [0.29, 0.717) is 61.6 Å². The first kappa shape index (κ1) is 32.1. The van der Waals surface area contributed by atoms with E-state index >= 15 is 4.39 Å². The maximum Gasteiger partial charge on any atom is 0.319 e. The lowest BCUT2D eigenvalue weighted by molar-refractivity contribution is -0.0611. The van der Waals surface area contributed by atoms with Crippen LogP contribution in [0.5, 0.6) is 11.8 Å². The highest BCUT2D eigenvalue weighted by molar-refractivity contribution is 6.03. The van der Waals surface area contributed by atoms with Crippen LogP contribution in [0.1, 0.15) is 56.9 Å². The second-order valence-electron chi connectivity index (χ2n) is 13.9. The molecule has 3 aliphatic heterocycles. The van der Waals surface area contributed by atoms with Crippen molar-refractivity contribution in [1.29, 1.82) is 0 Å². The number of aromatic nitrogens is 3. The number of anilines is 1. The zero-order valence-corrected chi connectivity index (χ0v) is 27.6. The van der Waals surface area contributed by atoms with Gasteiger partial charge in [-0.25, -0.2) is 8.78 Å². The van der Waals surface area contributed by atoms with Gasteiger partial charge < -0.3 is 24.2 Å². The van der Waals surface area contributed by atoms with Crippen LogP contribution in [-0.4, -0.2) is 89.7 Å². The number of halogens is 2. The molecule has 1 aliphatic carbocycles. The summed E-state index contributed by atoms with van der Waals surface area (Å²) in [5.41, 5.74) is 0.0440. The summed E-state index contributed by atoms with van der Waals surface area (Å²) < 4.78 is 50.0. The molecule has 0 radical (unpaired) electrons. The van der Waals surface area contributed by atoms with Crippen molar-refractivity contribution in [1.82, 2.24) is 19.9 Å². The highest BCUT2D eigenvalue weighted by atomic mass is 19.1. The molecule has 8 rings (SSSR count). The number of fused-ring (bicyclic) bond motifs is 3. The Kier molecular flexibility index (Phi) is 8.72. The third-order valence-electron chi connectivity index (χ3n) is 11.1. The van der Waals surface area contributed by atoms with Gasteiger partial charge in [0.05, 0.1) is 30.8 Å². The van der Waals surface area contributed by atoms with Crippen LogP contribution in [0, 0.1) is 29.4 Å². The first-order valence-electron chi connectivity index (χ1n) is 17.5. The number of terminal acetylenes is 1. The Morgan fingerprint density at radius 2 is 1.88 bits per heavy atom. The van der Waals surface area contributed by atoms with Crippen LogP contribution < -0.4 is 9.64 Å². The quantitative estimate of drug-likeness (QED) is 0.240. The standard InChI is InChI=1S/C38H41F2N5O4/c1-2-27-30(39)10-9-24-19-26(46)20-28(32(24)27)34-33(40)35-29(21-41-34)36(44-13-6-17-47-18-15-44)43-37(42-35)49-23-38-11-3-8-31(38)45(14-5-12-38)25-7-4-16-48-22-25/h1,9-10,19-21,25,31,46H,3-8,11-18,22-23H2/t25?,31-,38-/m1/s1. The smallest absolute Gasteiger partial charge is 0.319 e. The van der Waals surface area contributed by atoms with Crippen LogP contribution in [0.4, 0.5) is 14.6 Å². The van der Waals surface area contributed by atoms with E-state index in [9.17, 15) is 9.50 Å². The van der Waals surface area contributed by atoms with Gasteiger partial charge in [0.25, 0.3) is 0 Å². The molecule has 0 bridgehead atoms. The number of nitrogens with zero attached hydrogens (tertiary/aromatic N) is 5. The van der Waals surface area contributed by atoms with E-state index in [0.717, 1.165) is 71.1 Å². The second kappa shape index (κ2) is 13.3. The molecular formula is C38H41F2N5O4. The van der Waals surface area contributed by atoms with Crippen molar-refractivity contribution in [3.63, 3.8) is 0 Å². The van der Waals surface area contributed by atoms with Crippen LogP contribution in [0.25, 0.3) is 32.9 Å². The van der Waals surface area contributed by atoms with Gasteiger partial charge in [-0.15, -0.1) is 6.42 Å². The Hall–Kier alpha value is -4.11. The van der Waals surface area contributed by atoms with E-state index in [-0.39, 0.29) is 44.9 Å². The molecule has 1 saturated carbocycles. The Morgan fingerprint density at radius 1 is 1.00 bits per heavy atom. The van der Waals surface area contributed by atoms with Crippen molar-refractivity contribution >= 4 is 27.5 Å². The molecule has 0 spiro atoms. The van der Waals surface area contributed by atoms with Crippen LogP contribution in [-0.2, 0) is 9.47 Å². The number of piperidine rings is 1. The SMILES string of the molecule is C#Cc1c(F)ccc2cc(O)cc(-c3ncc4c(N5CCCOCC5)nc(OC[C@]56CCC[C@H]5N(C5CCCOC5)CCC6)nc4c3F)c12. The number of benzene rings is 2. The molecule has 0 amide bonds. The average molecular weight is 670 g/mol. The summed E-state index contributed by atoms with van der Waals surface area (Å²) in [6.45, 7) is 5.51. The molecule has 5 heterocycles. The fourth-order valence-electron chi connectivity index (χ4n) is 8.80. The fourth-order valence-corrected chi connectivity index (χ4v) is 8.80. The van der Waals surface area contributed by atoms with Crippen LogP contribution in [0.2, 0.25) is 0 Å². The maximum atomic E-state index is 16.9. The summed E-state index contributed by atoms with van der Waals surface area (Å²) >= 11 is 0.